The number of aryl methyl sites for hydroxylation is 1. The van der Waals surface area contributed by atoms with Crippen LogP contribution >= 0.6 is 0 Å². The fourth-order valence-corrected chi connectivity index (χ4v) is 4.64. The summed E-state index contributed by atoms with van der Waals surface area (Å²) < 4.78 is 13.7. The van der Waals surface area contributed by atoms with Gasteiger partial charge in [0, 0.05) is 17.8 Å². The minimum atomic E-state index is -0.908. The van der Waals surface area contributed by atoms with Crippen LogP contribution in [0.25, 0.3) is 11.6 Å². The highest BCUT2D eigenvalue weighted by molar-refractivity contribution is 6.39. The second kappa shape index (κ2) is 7.99. The van der Waals surface area contributed by atoms with Gasteiger partial charge < -0.3 is 4.90 Å². The second-order valence-corrected chi connectivity index (χ2v) is 8.89. The van der Waals surface area contributed by atoms with Gasteiger partial charge >= 0.3 is 6.03 Å². The zero-order valence-corrected chi connectivity index (χ0v) is 19.3. The van der Waals surface area contributed by atoms with Crippen molar-refractivity contribution in [2.45, 2.75) is 40.2 Å². The van der Waals surface area contributed by atoms with Crippen molar-refractivity contribution in [1.82, 2.24) is 5.32 Å². The predicted octanol–water partition coefficient (Wildman–Crippen LogP) is 4.82. The van der Waals surface area contributed by atoms with Crippen molar-refractivity contribution in [1.29, 1.82) is 0 Å². The monoisotopic (exact) mass is 447 g/mol. The molecule has 33 heavy (non-hydrogen) atoms. The minimum absolute atomic E-state index is 0.0534. The highest BCUT2D eigenvalue weighted by Gasteiger charge is 2.37. The average molecular weight is 448 g/mol. The molecule has 1 saturated heterocycles. The number of imide groups is 2. The van der Waals surface area contributed by atoms with E-state index in [9.17, 15) is 18.8 Å². The highest BCUT2D eigenvalue weighted by Crippen LogP contribution is 2.40. The quantitative estimate of drug-likeness (QED) is 0.541. The number of likely N-dealkylation sites (N-methyl/N-ethyl adjacent to an activating group) is 1. The van der Waals surface area contributed by atoms with Crippen LogP contribution in [0.5, 0.6) is 0 Å². The molecule has 4 rings (SSSR count). The van der Waals surface area contributed by atoms with Crippen LogP contribution in [0, 0.1) is 12.7 Å². The van der Waals surface area contributed by atoms with Crippen molar-refractivity contribution >= 4 is 40.9 Å². The Kier molecular flexibility index (Phi) is 5.44. The van der Waals surface area contributed by atoms with Crippen LogP contribution in [-0.4, -0.2) is 29.9 Å². The molecule has 0 aromatic heterocycles. The molecule has 2 aliphatic heterocycles. The molecule has 170 valence electrons. The smallest absolute Gasteiger partial charge is 0.335 e. The molecule has 4 amide bonds. The number of anilines is 2. The van der Waals surface area contributed by atoms with Gasteiger partial charge in [-0.1, -0.05) is 12.1 Å². The molecule has 0 aliphatic carbocycles. The topological polar surface area (TPSA) is 69.7 Å². The van der Waals surface area contributed by atoms with Crippen molar-refractivity contribution < 1.29 is 18.8 Å². The van der Waals surface area contributed by atoms with Gasteiger partial charge in [-0.15, -0.1) is 0 Å². The zero-order valence-electron chi connectivity index (χ0n) is 19.3. The van der Waals surface area contributed by atoms with Crippen LogP contribution < -0.4 is 15.1 Å². The van der Waals surface area contributed by atoms with E-state index in [4.69, 9.17) is 0 Å². The Balaban J connectivity index is 1.80. The molecule has 0 unspecified atom stereocenters. The maximum Gasteiger partial charge on any atom is 0.335 e. The molecule has 1 fully saturated rings. The lowest BCUT2D eigenvalue weighted by Crippen LogP contribution is -2.54. The lowest BCUT2D eigenvalue weighted by molar-refractivity contribution is -0.122. The molecule has 7 heteroatoms. The fourth-order valence-electron chi connectivity index (χ4n) is 4.64. The first-order chi connectivity index (χ1) is 15.5. The Bertz CT molecular complexity index is 1260. The van der Waals surface area contributed by atoms with Gasteiger partial charge in [-0.05, 0) is 87.7 Å². The van der Waals surface area contributed by atoms with E-state index < -0.39 is 23.7 Å². The van der Waals surface area contributed by atoms with Gasteiger partial charge in [0.1, 0.15) is 11.4 Å². The van der Waals surface area contributed by atoms with E-state index in [0.717, 1.165) is 39.9 Å². The SMILES string of the molecule is CCN1c2cc(C)c(/C=C3\C(=O)NC(=O)N(c4cccc(F)c4)C3=O)cc2C(C)=CC1(C)C. The molecular formula is C26H26FN3O3. The van der Waals surface area contributed by atoms with Gasteiger partial charge in [0.2, 0.25) is 0 Å². The lowest BCUT2D eigenvalue weighted by Gasteiger charge is -2.43. The van der Waals surface area contributed by atoms with Crippen LogP contribution in [0.1, 0.15) is 44.4 Å². The van der Waals surface area contributed by atoms with E-state index in [2.05, 4.69) is 43.1 Å². The van der Waals surface area contributed by atoms with Crippen molar-refractivity contribution in [2.75, 3.05) is 16.3 Å². The molecule has 0 spiro atoms. The number of amides is 4. The van der Waals surface area contributed by atoms with Crippen LogP contribution in [0.2, 0.25) is 0 Å². The number of nitrogens with one attached hydrogen (secondary N) is 1. The first kappa shape index (κ1) is 22.5. The van der Waals surface area contributed by atoms with E-state index in [1.807, 2.05) is 19.9 Å². The number of urea groups is 1. The summed E-state index contributed by atoms with van der Waals surface area (Å²) in [6.45, 7) is 11.2. The third-order valence-corrected chi connectivity index (χ3v) is 6.15. The Morgan fingerprint density at radius 2 is 1.82 bits per heavy atom. The number of halogens is 1. The molecule has 2 heterocycles. The number of hydrogen-bond donors (Lipinski definition) is 1. The van der Waals surface area contributed by atoms with Gasteiger partial charge in [0.25, 0.3) is 11.8 Å². The molecule has 0 radical (unpaired) electrons. The molecule has 2 aromatic rings. The summed E-state index contributed by atoms with van der Waals surface area (Å²) in [5, 5.41) is 2.18. The summed E-state index contributed by atoms with van der Waals surface area (Å²) >= 11 is 0. The van der Waals surface area contributed by atoms with Crippen molar-refractivity contribution in [3.05, 3.63) is 70.6 Å². The average Bonchev–Trinajstić information content (AvgIpc) is 2.71. The van der Waals surface area contributed by atoms with E-state index in [1.165, 1.54) is 24.3 Å². The summed E-state index contributed by atoms with van der Waals surface area (Å²) in [5.41, 5.74) is 4.54. The molecule has 2 aliphatic rings. The molecule has 6 nitrogen and oxygen atoms in total. The van der Waals surface area contributed by atoms with Crippen LogP contribution in [0.15, 0.2) is 48.0 Å². The molecule has 0 atom stereocenters. The predicted molar refractivity (Wildman–Crippen MR) is 127 cm³/mol. The van der Waals surface area contributed by atoms with E-state index in [0.29, 0.717) is 5.56 Å². The standard InChI is InChI=1S/C26H26FN3O3/c1-6-29-22-10-15(2)17(11-20(22)16(3)14-26(29,4)5)12-21-23(31)28-25(33)30(24(21)32)19-9-7-8-18(27)13-19/h7-14H,6H2,1-5H3,(H,28,31,33)/b21-12+. The minimum Gasteiger partial charge on any atom is -0.363 e. The third kappa shape index (κ3) is 3.84. The Labute approximate surface area is 192 Å². The van der Waals surface area contributed by atoms with E-state index in [-0.39, 0.29) is 16.8 Å². The molecule has 1 N–H and O–H groups in total. The summed E-state index contributed by atoms with van der Waals surface area (Å²) in [4.78, 5) is 41.2. The number of allylic oxidation sites excluding steroid dienone is 1. The Hall–Kier alpha value is -3.74. The summed E-state index contributed by atoms with van der Waals surface area (Å²) in [6.07, 6.45) is 3.70. The maximum absolute atomic E-state index is 13.7. The first-order valence-corrected chi connectivity index (χ1v) is 10.8. The maximum atomic E-state index is 13.7. The zero-order chi connectivity index (χ0) is 24.1. The van der Waals surface area contributed by atoms with Gasteiger partial charge in [0.05, 0.1) is 11.2 Å². The van der Waals surface area contributed by atoms with Gasteiger partial charge in [-0.2, -0.15) is 0 Å². The summed E-state index contributed by atoms with van der Waals surface area (Å²) in [6, 6.07) is 8.24. The largest absolute Gasteiger partial charge is 0.363 e. The number of rotatable bonds is 3. The van der Waals surface area contributed by atoms with Crippen molar-refractivity contribution in [3.8, 4) is 0 Å². The van der Waals surface area contributed by atoms with E-state index >= 15 is 0 Å². The number of hydrogen-bond acceptors (Lipinski definition) is 4. The van der Waals surface area contributed by atoms with Gasteiger partial charge in [0.15, 0.2) is 0 Å². The second-order valence-electron chi connectivity index (χ2n) is 8.89. The molecule has 0 bridgehead atoms. The Morgan fingerprint density at radius 3 is 2.48 bits per heavy atom. The summed E-state index contributed by atoms with van der Waals surface area (Å²) in [5.74, 6) is -2.17. The fraction of sp³-hybridized carbons (Fsp3) is 0.269. The van der Waals surface area contributed by atoms with E-state index in [1.54, 1.807) is 0 Å². The number of barbiturate groups is 1. The molecular weight excluding hydrogens is 421 g/mol. The number of carbonyl (C=O) groups excluding carboxylic acids is 3. The Morgan fingerprint density at radius 1 is 1.09 bits per heavy atom. The summed E-state index contributed by atoms with van der Waals surface area (Å²) in [7, 11) is 0. The highest BCUT2D eigenvalue weighted by atomic mass is 19.1. The third-order valence-electron chi connectivity index (χ3n) is 6.15. The van der Waals surface area contributed by atoms with Crippen LogP contribution in [-0.2, 0) is 9.59 Å². The van der Waals surface area contributed by atoms with Gasteiger partial charge in [-0.3, -0.25) is 14.9 Å². The first-order valence-electron chi connectivity index (χ1n) is 10.8. The molecule has 2 aromatic carbocycles. The lowest BCUT2D eigenvalue weighted by atomic mass is 9.86. The van der Waals surface area contributed by atoms with Crippen molar-refractivity contribution in [2.24, 2.45) is 0 Å². The number of nitrogens with zero attached hydrogens (tertiary/aromatic N) is 2. The van der Waals surface area contributed by atoms with Gasteiger partial charge in [-0.25, -0.2) is 14.1 Å². The molecule has 0 saturated carbocycles. The van der Waals surface area contributed by atoms with Crippen LogP contribution in [0.3, 0.4) is 0 Å². The number of fused-ring (bicyclic) bond motifs is 1. The number of benzene rings is 2. The van der Waals surface area contributed by atoms with Crippen LogP contribution in [0.4, 0.5) is 20.6 Å². The number of carbonyl (C=O) groups is 3. The normalized spacial score (nSPS) is 18.9. The van der Waals surface area contributed by atoms with Crippen molar-refractivity contribution in [3.63, 3.8) is 0 Å².